The maximum absolute atomic E-state index is 12.1. The Morgan fingerprint density at radius 3 is 2.38 bits per heavy atom. The number of hydrogen-bond donors (Lipinski definition) is 2. The molecule has 0 radical (unpaired) electrons. The second kappa shape index (κ2) is 7.84. The van der Waals surface area contributed by atoms with Crippen LogP contribution in [0.3, 0.4) is 0 Å². The lowest BCUT2D eigenvalue weighted by Crippen LogP contribution is -2.19. The van der Waals surface area contributed by atoms with Gasteiger partial charge in [0, 0.05) is 19.5 Å². The number of carbonyl (C=O) groups excluding carboxylic acids is 1. The summed E-state index contributed by atoms with van der Waals surface area (Å²) >= 11 is 0. The molecule has 1 aliphatic heterocycles. The van der Waals surface area contributed by atoms with Crippen molar-refractivity contribution < 1.29 is 13.2 Å². The van der Waals surface area contributed by atoms with E-state index in [0.717, 1.165) is 24.5 Å². The van der Waals surface area contributed by atoms with E-state index in [1.807, 2.05) is 12.1 Å². The van der Waals surface area contributed by atoms with Gasteiger partial charge in [-0.3, -0.25) is 4.79 Å². The van der Waals surface area contributed by atoms with Crippen LogP contribution in [0.15, 0.2) is 47.5 Å². The first kappa shape index (κ1) is 18.3. The van der Waals surface area contributed by atoms with Crippen LogP contribution in [0.5, 0.6) is 0 Å². The molecule has 0 unspecified atom stereocenters. The van der Waals surface area contributed by atoms with Crippen LogP contribution < -0.4 is 15.4 Å². The third kappa shape index (κ3) is 4.80. The molecule has 1 amide bonds. The van der Waals surface area contributed by atoms with Gasteiger partial charge in [-0.25, -0.2) is 18.5 Å². The fourth-order valence-corrected chi connectivity index (χ4v) is 3.44. The average molecular weight is 374 g/mol. The van der Waals surface area contributed by atoms with Crippen molar-refractivity contribution in [3.05, 3.63) is 48.2 Å². The molecular formula is C18H22N4O3S. The number of nitrogens with zero attached hydrogens (tertiary/aromatic N) is 2. The molecule has 0 atom stereocenters. The molecule has 138 valence electrons. The molecule has 1 aliphatic rings. The summed E-state index contributed by atoms with van der Waals surface area (Å²) in [6.07, 6.45) is 4.86. The highest BCUT2D eigenvalue weighted by molar-refractivity contribution is 7.89. The highest BCUT2D eigenvalue weighted by Crippen LogP contribution is 2.19. The Balaban J connectivity index is 1.51. The van der Waals surface area contributed by atoms with E-state index in [1.54, 1.807) is 18.3 Å². The Hall–Kier alpha value is -2.45. The van der Waals surface area contributed by atoms with Crippen molar-refractivity contribution in [2.45, 2.75) is 30.6 Å². The van der Waals surface area contributed by atoms with Crippen molar-refractivity contribution in [3.8, 4) is 0 Å². The summed E-state index contributed by atoms with van der Waals surface area (Å²) in [6.45, 7) is 2.06. The predicted molar refractivity (Wildman–Crippen MR) is 100 cm³/mol. The number of nitrogens with two attached hydrogens (primary N) is 1. The molecule has 1 fully saturated rings. The van der Waals surface area contributed by atoms with Crippen molar-refractivity contribution in [1.29, 1.82) is 0 Å². The topological polar surface area (TPSA) is 105 Å². The van der Waals surface area contributed by atoms with E-state index < -0.39 is 10.0 Å². The number of nitrogens with one attached hydrogen (secondary N) is 1. The molecule has 3 rings (SSSR count). The first-order valence-corrected chi connectivity index (χ1v) is 10.1. The van der Waals surface area contributed by atoms with Crippen LogP contribution in [-0.2, 0) is 21.2 Å². The van der Waals surface area contributed by atoms with Crippen molar-refractivity contribution in [2.24, 2.45) is 5.14 Å². The minimum Gasteiger partial charge on any atom is -0.357 e. The van der Waals surface area contributed by atoms with Crippen molar-refractivity contribution in [1.82, 2.24) is 4.98 Å². The Labute approximate surface area is 153 Å². The van der Waals surface area contributed by atoms with Gasteiger partial charge in [0.15, 0.2) is 0 Å². The maximum atomic E-state index is 12.1. The Kier molecular flexibility index (Phi) is 5.53. The van der Waals surface area contributed by atoms with Gasteiger partial charge in [0.05, 0.1) is 16.8 Å². The van der Waals surface area contributed by atoms with E-state index >= 15 is 0 Å². The lowest BCUT2D eigenvalue weighted by Gasteiger charge is -2.16. The number of primary sulfonamides is 1. The van der Waals surface area contributed by atoms with Gasteiger partial charge in [-0.15, -0.1) is 0 Å². The predicted octanol–water partition coefficient (Wildman–Crippen LogP) is 1.90. The minimum absolute atomic E-state index is 0.0647. The number of hydrogen-bond acceptors (Lipinski definition) is 5. The van der Waals surface area contributed by atoms with Gasteiger partial charge < -0.3 is 10.2 Å². The molecule has 0 bridgehead atoms. The summed E-state index contributed by atoms with van der Waals surface area (Å²) in [4.78, 5) is 18.8. The van der Waals surface area contributed by atoms with E-state index in [-0.39, 0.29) is 10.8 Å². The number of anilines is 2. The first-order chi connectivity index (χ1) is 12.4. The molecule has 0 spiro atoms. The fourth-order valence-electron chi connectivity index (χ4n) is 2.92. The zero-order valence-electron chi connectivity index (χ0n) is 14.4. The summed E-state index contributed by atoms with van der Waals surface area (Å²) in [7, 11) is -3.69. The number of aromatic nitrogens is 1. The van der Waals surface area contributed by atoms with Crippen LogP contribution in [0.1, 0.15) is 24.8 Å². The largest absolute Gasteiger partial charge is 0.357 e. The molecule has 0 saturated carbocycles. The molecule has 1 aromatic carbocycles. The number of rotatable bonds is 6. The van der Waals surface area contributed by atoms with Gasteiger partial charge in [-0.05, 0) is 49.1 Å². The number of sulfonamides is 1. The molecule has 8 heteroatoms. The smallest absolute Gasteiger partial charge is 0.238 e. The quantitative estimate of drug-likeness (QED) is 0.803. The van der Waals surface area contributed by atoms with Gasteiger partial charge >= 0.3 is 0 Å². The van der Waals surface area contributed by atoms with Gasteiger partial charge in [0.25, 0.3) is 0 Å². The monoisotopic (exact) mass is 374 g/mol. The third-order valence-electron chi connectivity index (χ3n) is 4.35. The maximum Gasteiger partial charge on any atom is 0.238 e. The van der Waals surface area contributed by atoms with Gasteiger partial charge in [0.1, 0.15) is 5.82 Å². The van der Waals surface area contributed by atoms with Crippen LogP contribution in [0.25, 0.3) is 0 Å². The van der Waals surface area contributed by atoms with Crippen LogP contribution in [-0.4, -0.2) is 32.4 Å². The average Bonchev–Trinajstić information content (AvgIpc) is 3.15. The molecule has 3 N–H and O–H groups in total. The first-order valence-electron chi connectivity index (χ1n) is 8.54. The molecule has 7 nitrogen and oxygen atoms in total. The lowest BCUT2D eigenvalue weighted by atomic mass is 10.1. The second-order valence-corrected chi connectivity index (χ2v) is 7.90. The summed E-state index contributed by atoms with van der Waals surface area (Å²) in [6, 6.07) is 10.0. The molecule has 1 saturated heterocycles. The summed E-state index contributed by atoms with van der Waals surface area (Å²) in [5, 5.41) is 7.89. The molecule has 2 heterocycles. The molecule has 1 aromatic heterocycles. The molecule has 2 aromatic rings. The van der Waals surface area contributed by atoms with E-state index in [4.69, 9.17) is 5.14 Å². The fraction of sp³-hybridized carbons (Fsp3) is 0.333. The highest BCUT2D eigenvalue weighted by atomic mass is 32.2. The molecule has 26 heavy (non-hydrogen) atoms. The minimum atomic E-state index is -3.69. The highest BCUT2D eigenvalue weighted by Gasteiger charge is 2.13. The van der Waals surface area contributed by atoms with Crippen LogP contribution >= 0.6 is 0 Å². The number of benzene rings is 1. The van der Waals surface area contributed by atoms with Crippen molar-refractivity contribution in [3.63, 3.8) is 0 Å². The van der Waals surface area contributed by atoms with E-state index in [0.29, 0.717) is 18.5 Å². The van der Waals surface area contributed by atoms with Crippen LogP contribution in [0.2, 0.25) is 0 Å². The second-order valence-electron chi connectivity index (χ2n) is 6.34. The summed E-state index contributed by atoms with van der Waals surface area (Å²) in [5.74, 6) is 0.826. The number of aryl methyl sites for hydroxylation is 1. The Morgan fingerprint density at radius 2 is 1.81 bits per heavy atom. The van der Waals surface area contributed by atoms with Gasteiger partial charge in [-0.1, -0.05) is 12.1 Å². The lowest BCUT2D eigenvalue weighted by molar-refractivity contribution is -0.116. The van der Waals surface area contributed by atoms with Gasteiger partial charge in [-0.2, -0.15) is 0 Å². The van der Waals surface area contributed by atoms with E-state index in [1.165, 1.54) is 25.0 Å². The molecule has 0 aliphatic carbocycles. The third-order valence-corrected chi connectivity index (χ3v) is 5.28. The normalized spacial score (nSPS) is 14.4. The van der Waals surface area contributed by atoms with E-state index in [9.17, 15) is 13.2 Å². The van der Waals surface area contributed by atoms with Crippen LogP contribution in [0, 0.1) is 0 Å². The SMILES string of the molecule is NS(=O)(=O)c1ccc(CCC(=O)Nc2ccc(N3CCCC3)nc2)cc1. The van der Waals surface area contributed by atoms with Gasteiger partial charge in [0.2, 0.25) is 15.9 Å². The summed E-state index contributed by atoms with van der Waals surface area (Å²) < 4.78 is 22.5. The van der Waals surface area contributed by atoms with E-state index in [2.05, 4.69) is 15.2 Å². The zero-order valence-corrected chi connectivity index (χ0v) is 15.2. The van der Waals surface area contributed by atoms with Crippen molar-refractivity contribution >= 4 is 27.4 Å². The zero-order chi connectivity index (χ0) is 18.6. The number of carbonyl (C=O) groups is 1. The van der Waals surface area contributed by atoms with Crippen LogP contribution in [0.4, 0.5) is 11.5 Å². The summed E-state index contributed by atoms with van der Waals surface area (Å²) in [5.41, 5.74) is 1.54. The Morgan fingerprint density at radius 1 is 1.12 bits per heavy atom. The molecular weight excluding hydrogens is 352 g/mol. The van der Waals surface area contributed by atoms with Crippen molar-refractivity contribution in [2.75, 3.05) is 23.3 Å². The Bertz CT molecular complexity index is 858. The standard InChI is InChI=1S/C18H22N4O3S/c19-26(24,25)16-7-3-14(4-8-16)5-10-18(23)21-15-6-9-17(20-13-15)22-11-1-2-12-22/h3-4,6-9,13H,1-2,5,10-12H2,(H,21,23)(H2,19,24,25). The number of amides is 1. The number of pyridine rings is 1.